The Bertz CT molecular complexity index is 384. The molecule has 0 N–H and O–H groups in total. The molecule has 0 aliphatic heterocycles. The zero-order chi connectivity index (χ0) is 11.3. The lowest BCUT2D eigenvalue weighted by Gasteiger charge is -2.11. The van der Waals surface area contributed by atoms with Crippen molar-refractivity contribution in [2.45, 2.75) is 26.5 Å². The minimum atomic E-state index is 0.0846. The molecule has 0 atom stereocenters. The molecule has 0 unspecified atom stereocenters. The van der Waals surface area contributed by atoms with E-state index >= 15 is 0 Å². The molecule has 1 rings (SSSR count). The maximum atomic E-state index is 9.93. The SMILES string of the molecule is CC(C)Oc1ccc(CN=C=O)cc1Cl. The van der Waals surface area contributed by atoms with E-state index in [-0.39, 0.29) is 6.10 Å². The van der Waals surface area contributed by atoms with Gasteiger partial charge in [-0.1, -0.05) is 17.7 Å². The van der Waals surface area contributed by atoms with Crippen molar-refractivity contribution in [1.29, 1.82) is 0 Å². The molecule has 0 aromatic heterocycles. The van der Waals surface area contributed by atoms with Gasteiger partial charge in [-0.15, -0.1) is 0 Å². The van der Waals surface area contributed by atoms with Crippen molar-refractivity contribution in [2.24, 2.45) is 4.99 Å². The van der Waals surface area contributed by atoms with E-state index in [1.54, 1.807) is 12.1 Å². The molecule has 3 nitrogen and oxygen atoms in total. The van der Waals surface area contributed by atoms with Crippen LogP contribution in [0.4, 0.5) is 0 Å². The predicted octanol–water partition coefficient (Wildman–Crippen LogP) is 2.96. The average Bonchev–Trinajstić information content (AvgIpc) is 2.18. The highest BCUT2D eigenvalue weighted by atomic mass is 35.5. The molecule has 0 radical (unpaired) electrons. The molecule has 0 spiro atoms. The summed E-state index contributed by atoms with van der Waals surface area (Å²) in [6, 6.07) is 5.34. The summed E-state index contributed by atoms with van der Waals surface area (Å²) in [5, 5.41) is 0.530. The molecular weight excluding hydrogens is 214 g/mol. The first-order valence-corrected chi connectivity index (χ1v) is 5.00. The van der Waals surface area contributed by atoms with Crippen molar-refractivity contribution in [3.63, 3.8) is 0 Å². The Labute approximate surface area is 93.7 Å². The highest BCUT2D eigenvalue weighted by Gasteiger charge is 2.04. The van der Waals surface area contributed by atoms with Gasteiger partial charge in [-0.2, -0.15) is 0 Å². The van der Waals surface area contributed by atoms with E-state index in [1.165, 1.54) is 6.08 Å². The first-order chi connectivity index (χ1) is 7.13. The lowest BCUT2D eigenvalue weighted by Crippen LogP contribution is -2.05. The van der Waals surface area contributed by atoms with Gasteiger partial charge in [0.15, 0.2) is 0 Å². The van der Waals surface area contributed by atoms with Crippen molar-refractivity contribution in [1.82, 2.24) is 0 Å². The molecular formula is C11H12ClNO2. The predicted molar refractivity (Wildman–Crippen MR) is 59.0 cm³/mol. The molecule has 15 heavy (non-hydrogen) atoms. The van der Waals surface area contributed by atoms with E-state index in [0.29, 0.717) is 17.3 Å². The topological polar surface area (TPSA) is 38.7 Å². The number of nitrogens with zero attached hydrogens (tertiary/aromatic N) is 1. The van der Waals surface area contributed by atoms with Crippen LogP contribution in [0.3, 0.4) is 0 Å². The van der Waals surface area contributed by atoms with Crippen LogP contribution in [0.1, 0.15) is 19.4 Å². The second-order valence-corrected chi connectivity index (χ2v) is 3.75. The molecule has 0 aliphatic carbocycles. The summed E-state index contributed by atoms with van der Waals surface area (Å²) in [4.78, 5) is 13.4. The van der Waals surface area contributed by atoms with Crippen LogP contribution in [-0.2, 0) is 11.3 Å². The van der Waals surface area contributed by atoms with E-state index < -0.39 is 0 Å². The number of carbonyl (C=O) groups excluding carboxylic acids is 1. The molecule has 0 amide bonds. The van der Waals surface area contributed by atoms with Crippen LogP contribution in [-0.4, -0.2) is 12.2 Å². The summed E-state index contributed by atoms with van der Waals surface area (Å²) in [5.41, 5.74) is 0.861. The standard InChI is InChI=1S/C11H12ClNO2/c1-8(2)15-11-4-3-9(5-10(11)12)6-13-7-14/h3-5,8H,6H2,1-2H3. The number of aliphatic imine (C=N–C) groups is 1. The monoisotopic (exact) mass is 225 g/mol. The van der Waals surface area contributed by atoms with E-state index in [9.17, 15) is 4.79 Å². The Morgan fingerprint density at radius 2 is 2.27 bits per heavy atom. The van der Waals surface area contributed by atoms with Crippen LogP contribution in [0, 0.1) is 0 Å². The number of isocyanates is 1. The third-order valence-electron chi connectivity index (χ3n) is 1.69. The van der Waals surface area contributed by atoms with Gasteiger partial charge >= 0.3 is 0 Å². The Hall–Kier alpha value is -1.31. The van der Waals surface area contributed by atoms with Gasteiger partial charge in [0.05, 0.1) is 17.7 Å². The first-order valence-electron chi connectivity index (χ1n) is 4.62. The van der Waals surface area contributed by atoms with Gasteiger partial charge in [0.25, 0.3) is 0 Å². The van der Waals surface area contributed by atoms with Gasteiger partial charge in [-0.25, -0.2) is 9.79 Å². The molecule has 0 fully saturated rings. The summed E-state index contributed by atoms with van der Waals surface area (Å²) < 4.78 is 5.46. The molecule has 1 aromatic carbocycles. The van der Waals surface area contributed by atoms with E-state index in [1.807, 2.05) is 19.9 Å². The van der Waals surface area contributed by atoms with Crippen LogP contribution >= 0.6 is 11.6 Å². The minimum Gasteiger partial charge on any atom is -0.489 e. The van der Waals surface area contributed by atoms with E-state index in [0.717, 1.165) is 5.56 Å². The van der Waals surface area contributed by atoms with Crippen molar-refractivity contribution < 1.29 is 9.53 Å². The maximum absolute atomic E-state index is 9.93. The Morgan fingerprint density at radius 1 is 1.53 bits per heavy atom. The highest BCUT2D eigenvalue weighted by Crippen LogP contribution is 2.26. The van der Waals surface area contributed by atoms with Gasteiger partial charge in [-0.3, -0.25) is 0 Å². The second kappa shape index (κ2) is 5.54. The average molecular weight is 226 g/mol. The Balaban J connectivity index is 2.82. The summed E-state index contributed by atoms with van der Waals surface area (Å²) in [6.45, 7) is 4.16. The summed E-state index contributed by atoms with van der Waals surface area (Å²) in [6.07, 6.45) is 1.57. The number of hydrogen-bond acceptors (Lipinski definition) is 3. The smallest absolute Gasteiger partial charge is 0.235 e. The zero-order valence-electron chi connectivity index (χ0n) is 8.66. The van der Waals surface area contributed by atoms with Crippen molar-refractivity contribution >= 4 is 17.7 Å². The fraction of sp³-hybridized carbons (Fsp3) is 0.364. The molecule has 4 heteroatoms. The summed E-state index contributed by atoms with van der Waals surface area (Å²) in [7, 11) is 0. The molecule has 0 bridgehead atoms. The maximum Gasteiger partial charge on any atom is 0.235 e. The van der Waals surface area contributed by atoms with Crippen LogP contribution in [0.2, 0.25) is 5.02 Å². The molecule has 1 aromatic rings. The van der Waals surface area contributed by atoms with Crippen LogP contribution < -0.4 is 4.74 Å². The number of hydrogen-bond donors (Lipinski definition) is 0. The van der Waals surface area contributed by atoms with Crippen molar-refractivity contribution in [3.8, 4) is 5.75 Å². The summed E-state index contributed by atoms with van der Waals surface area (Å²) >= 11 is 5.99. The third-order valence-corrected chi connectivity index (χ3v) is 1.98. The lowest BCUT2D eigenvalue weighted by atomic mass is 10.2. The molecule has 0 aliphatic rings. The molecule has 0 saturated heterocycles. The van der Waals surface area contributed by atoms with Crippen LogP contribution in [0.5, 0.6) is 5.75 Å². The van der Waals surface area contributed by atoms with Gasteiger partial charge in [-0.05, 0) is 31.5 Å². The van der Waals surface area contributed by atoms with Crippen molar-refractivity contribution in [2.75, 3.05) is 0 Å². The van der Waals surface area contributed by atoms with Gasteiger partial charge < -0.3 is 4.74 Å². The normalized spacial score (nSPS) is 9.87. The number of ether oxygens (including phenoxy) is 1. The van der Waals surface area contributed by atoms with Crippen LogP contribution in [0.15, 0.2) is 23.2 Å². The Kier molecular flexibility index (Phi) is 4.35. The molecule has 80 valence electrons. The molecule has 0 saturated carbocycles. The van der Waals surface area contributed by atoms with Gasteiger partial charge in [0, 0.05) is 0 Å². The highest BCUT2D eigenvalue weighted by molar-refractivity contribution is 6.32. The van der Waals surface area contributed by atoms with Gasteiger partial charge in [0.1, 0.15) is 5.75 Å². The fourth-order valence-electron chi connectivity index (χ4n) is 1.12. The quantitative estimate of drug-likeness (QED) is 0.584. The summed E-state index contributed by atoms with van der Waals surface area (Å²) in [5.74, 6) is 0.644. The van der Waals surface area contributed by atoms with E-state index in [2.05, 4.69) is 4.99 Å². The molecule has 0 heterocycles. The van der Waals surface area contributed by atoms with Gasteiger partial charge in [0.2, 0.25) is 6.08 Å². The Morgan fingerprint density at radius 3 is 2.80 bits per heavy atom. The lowest BCUT2D eigenvalue weighted by molar-refractivity contribution is 0.242. The zero-order valence-corrected chi connectivity index (χ0v) is 9.41. The number of halogens is 1. The second-order valence-electron chi connectivity index (χ2n) is 3.34. The third kappa shape index (κ3) is 3.74. The van der Waals surface area contributed by atoms with E-state index in [4.69, 9.17) is 16.3 Å². The number of rotatable bonds is 4. The number of benzene rings is 1. The fourth-order valence-corrected chi connectivity index (χ4v) is 1.36. The largest absolute Gasteiger partial charge is 0.489 e. The first kappa shape index (κ1) is 11.8. The van der Waals surface area contributed by atoms with Crippen molar-refractivity contribution in [3.05, 3.63) is 28.8 Å². The van der Waals surface area contributed by atoms with Crippen LogP contribution in [0.25, 0.3) is 0 Å². The minimum absolute atomic E-state index is 0.0846.